The van der Waals surface area contributed by atoms with Gasteiger partial charge in [-0.2, -0.15) is 0 Å². The fourth-order valence-electron chi connectivity index (χ4n) is 3.60. The van der Waals surface area contributed by atoms with Crippen molar-refractivity contribution in [2.75, 3.05) is 0 Å². The molecule has 2 rings (SSSR count). The summed E-state index contributed by atoms with van der Waals surface area (Å²) in [6, 6.07) is 0. The molecule has 3 unspecified atom stereocenters. The lowest BCUT2D eigenvalue weighted by Gasteiger charge is -2.42. The summed E-state index contributed by atoms with van der Waals surface area (Å²) in [5.41, 5.74) is -1.98. The van der Waals surface area contributed by atoms with Gasteiger partial charge < -0.3 is 10.2 Å². The van der Waals surface area contributed by atoms with Gasteiger partial charge in [0.15, 0.2) is 0 Å². The average Bonchev–Trinajstić information content (AvgIpc) is 2.59. The maximum absolute atomic E-state index is 11.4. The van der Waals surface area contributed by atoms with Crippen LogP contribution in [0.3, 0.4) is 0 Å². The predicted molar refractivity (Wildman–Crippen MR) is 51.8 cm³/mol. The molecule has 2 aliphatic carbocycles. The highest BCUT2D eigenvalue weighted by Crippen LogP contribution is 2.60. The summed E-state index contributed by atoms with van der Waals surface area (Å²) in [7, 11) is 0. The van der Waals surface area contributed by atoms with Crippen molar-refractivity contribution in [2.24, 2.45) is 17.3 Å². The number of carbonyl (C=O) groups is 1. The van der Waals surface area contributed by atoms with Gasteiger partial charge in [0, 0.05) is 0 Å². The molecule has 2 N–H and O–H groups in total. The molecule has 3 heteroatoms. The third-order valence-corrected chi connectivity index (χ3v) is 4.32. The van der Waals surface area contributed by atoms with Gasteiger partial charge in [-0.25, -0.2) is 0 Å². The van der Waals surface area contributed by atoms with Gasteiger partial charge in [0.05, 0.1) is 11.0 Å². The molecule has 0 saturated heterocycles. The van der Waals surface area contributed by atoms with Crippen LogP contribution < -0.4 is 0 Å². The van der Waals surface area contributed by atoms with E-state index in [9.17, 15) is 15.0 Å². The normalized spacial score (nSPS) is 41.6. The maximum Gasteiger partial charge on any atom is 0.312 e. The van der Waals surface area contributed by atoms with E-state index >= 15 is 0 Å². The third kappa shape index (κ3) is 1.05. The van der Waals surface area contributed by atoms with Crippen LogP contribution in [-0.4, -0.2) is 21.8 Å². The highest BCUT2D eigenvalue weighted by atomic mass is 16.4. The van der Waals surface area contributed by atoms with Crippen LogP contribution in [0.5, 0.6) is 0 Å². The van der Waals surface area contributed by atoms with Crippen LogP contribution in [-0.2, 0) is 4.79 Å². The molecule has 0 spiro atoms. The molecule has 0 aromatic rings. The Hall–Kier alpha value is -0.570. The minimum absolute atomic E-state index is 0.185. The van der Waals surface area contributed by atoms with E-state index in [0.717, 1.165) is 19.3 Å². The standard InChI is InChI=1S/C11H18O3/c1-10(2,14)11(9(12)13)6-7-3-4-8(11)5-7/h7-8,14H,3-6H2,1-2H3,(H,12,13). The molecule has 0 aromatic heterocycles. The van der Waals surface area contributed by atoms with Crippen LogP contribution in [0.2, 0.25) is 0 Å². The number of aliphatic carboxylic acids is 1. The van der Waals surface area contributed by atoms with Crippen molar-refractivity contribution in [2.45, 2.75) is 45.1 Å². The summed E-state index contributed by atoms with van der Waals surface area (Å²) in [5, 5.41) is 19.4. The van der Waals surface area contributed by atoms with E-state index in [4.69, 9.17) is 0 Å². The average molecular weight is 198 g/mol. The molecule has 3 atom stereocenters. The van der Waals surface area contributed by atoms with E-state index in [-0.39, 0.29) is 5.92 Å². The molecule has 80 valence electrons. The first-order valence-electron chi connectivity index (χ1n) is 5.33. The second kappa shape index (κ2) is 2.72. The largest absolute Gasteiger partial charge is 0.481 e. The summed E-state index contributed by atoms with van der Waals surface area (Å²) in [6.45, 7) is 3.28. The summed E-state index contributed by atoms with van der Waals surface area (Å²) in [5.74, 6) is -0.0928. The van der Waals surface area contributed by atoms with E-state index < -0.39 is 17.0 Å². The van der Waals surface area contributed by atoms with Crippen LogP contribution >= 0.6 is 0 Å². The minimum atomic E-state index is -1.10. The van der Waals surface area contributed by atoms with E-state index in [1.54, 1.807) is 13.8 Å². The Bertz CT molecular complexity index is 266. The Kier molecular flexibility index (Phi) is 1.94. The molecule has 0 aromatic carbocycles. The molecule has 0 aliphatic heterocycles. The quantitative estimate of drug-likeness (QED) is 0.709. The highest BCUT2D eigenvalue weighted by Gasteiger charge is 2.62. The fraction of sp³-hybridized carbons (Fsp3) is 0.909. The van der Waals surface area contributed by atoms with E-state index in [2.05, 4.69) is 0 Å². The summed E-state index contributed by atoms with van der Waals surface area (Å²) < 4.78 is 0. The Morgan fingerprint density at radius 1 is 1.43 bits per heavy atom. The van der Waals surface area contributed by atoms with E-state index in [1.807, 2.05) is 0 Å². The van der Waals surface area contributed by atoms with Gasteiger partial charge in [0.25, 0.3) is 0 Å². The maximum atomic E-state index is 11.4. The molecule has 2 aliphatic rings. The Labute approximate surface area is 84.1 Å². The monoisotopic (exact) mass is 198 g/mol. The van der Waals surface area contributed by atoms with Crippen LogP contribution in [0.15, 0.2) is 0 Å². The number of hydrogen-bond donors (Lipinski definition) is 2. The van der Waals surface area contributed by atoms with Gasteiger partial charge in [-0.3, -0.25) is 4.79 Å². The number of carboxylic acids is 1. The zero-order valence-corrected chi connectivity index (χ0v) is 8.79. The molecule has 2 fully saturated rings. The summed E-state index contributed by atoms with van der Waals surface area (Å²) >= 11 is 0. The van der Waals surface area contributed by atoms with Crippen molar-refractivity contribution in [1.29, 1.82) is 0 Å². The Morgan fingerprint density at radius 3 is 2.29 bits per heavy atom. The zero-order chi connectivity index (χ0) is 10.6. The van der Waals surface area contributed by atoms with Crippen molar-refractivity contribution >= 4 is 5.97 Å². The number of aliphatic hydroxyl groups is 1. The Balaban J connectivity index is 2.39. The van der Waals surface area contributed by atoms with E-state index in [0.29, 0.717) is 12.3 Å². The molecule has 2 saturated carbocycles. The molecule has 0 amide bonds. The van der Waals surface area contributed by atoms with Crippen LogP contribution in [0.4, 0.5) is 0 Å². The lowest BCUT2D eigenvalue weighted by molar-refractivity contribution is -0.173. The molecule has 3 nitrogen and oxygen atoms in total. The highest BCUT2D eigenvalue weighted by molar-refractivity contribution is 5.77. The third-order valence-electron chi connectivity index (χ3n) is 4.32. The van der Waals surface area contributed by atoms with Gasteiger partial charge in [-0.15, -0.1) is 0 Å². The molecular formula is C11H18O3. The first kappa shape index (κ1) is 9.97. The number of hydrogen-bond acceptors (Lipinski definition) is 2. The second-order valence-electron chi connectivity index (χ2n) is 5.42. The molecule has 0 radical (unpaired) electrons. The smallest absolute Gasteiger partial charge is 0.312 e. The lowest BCUT2D eigenvalue weighted by Crippen LogP contribution is -2.52. The van der Waals surface area contributed by atoms with Crippen molar-refractivity contribution in [3.63, 3.8) is 0 Å². The van der Waals surface area contributed by atoms with E-state index in [1.165, 1.54) is 0 Å². The predicted octanol–water partition coefficient (Wildman–Crippen LogP) is 1.65. The van der Waals surface area contributed by atoms with Crippen LogP contribution in [0.25, 0.3) is 0 Å². The van der Waals surface area contributed by atoms with Gasteiger partial charge in [-0.1, -0.05) is 6.42 Å². The van der Waals surface area contributed by atoms with Crippen molar-refractivity contribution in [3.8, 4) is 0 Å². The second-order valence-corrected chi connectivity index (χ2v) is 5.42. The van der Waals surface area contributed by atoms with Gasteiger partial charge >= 0.3 is 5.97 Å². The first-order valence-corrected chi connectivity index (χ1v) is 5.33. The van der Waals surface area contributed by atoms with Crippen molar-refractivity contribution < 1.29 is 15.0 Å². The zero-order valence-electron chi connectivity index (χ0n) is 8.79. The minimum Gasteiger partial charge on any atom is -0.481 e. The molecule has 2 bridgehead atoms. The van der Waals surface area contributed by atoms with Gasteiger partial charge in [0.1, 0.15) is 0 Å². The van der Waals surface area contributed by atoms with Gasteiger partial charge in [0.2, 0.25) is 0 Å². The van der Waals surface area contributed by atoms with Gasteiger partial charge in [-0.05, 0) is 44.9 Å². The molecule has 0 heterocycles. The number of carboxylic acid groups (broad SMARTS) is 1. The van der Waals surface area contributed by atoms with Crippen molar-refractivity contribution in [3.05, 3.63) is 0 Å². The van der Waals surface area contributed by atoms with Crippen molar-refractivity contribution in [1.82, 2.24) is 0 Å². The summed E-state index contributed by atoms with van der Waals surface area (Å²) in [4.78, 5) is 11.4. The topological polar surface area (TPSA) is 57.5 Å². The van der Waals surface area contributed by atoms with Crippen LogP contribution in [0, 0.1) is 17.3 Å². The fourth-order valence-corrected chi connectivity index (χ4v) is 3.60. The first-order chi connectivity index (χ1) is 6.38. The molecular weight excluding hydrogens is 180 g/mol. The molecule has 14 heavy (non-hydrogen) atoms. The Morgan fingerprint density at radius 2 is 2.07 bits per heavy atom. The summed E-state index contributed by atoms with van der Waals surface area (Å²) in [6.07, 6.45) is 3.78. The number of fused-ring (bicyclic) bond motifs is 2. The SMILES string of the molecule is CC(C)(O)C1(C(=O)O)CC2CCC1C2. The lowest BCUT2D eigenvalue weighted by atomic mass is 9.63. The van der Waals surface area contributed by atoms with Crippen LogP contribution in [0.1, 0.15) is 39.5 Å². The number of rotatable bonds is 2.